The largest absolute Gasteiger partial charge is 0.398 e. The smallest absolute Gasteiger partial charge is 0.141 e. The van der Waals surface area contributed by atoms with Gasteiger partial charge in [0, 0.05) is 22.3 Å². The van der Waals surface area contributed by atoms with Gasteiger partial charge >= 0.3 is 0 Å². The molecule has 3 nitrogen and oxygen atoms in total. The average molecular weight is 316 g/mol. The highest BCUT2D eigenvalue weighted by Gasteiger charge is 2.11. The molecule has 3 rings (SSSR count). The minimum absolute atomic E-state index is 0.739. The van der Waals surface area contributed by atoms with Gasteiger partial charge in [-0.15, -0.1) is 0 Å². The second-order valence-electron chi connectivity index (χ2n) is 4.40. The number of imidazole rings is 1. The monoisotopic (exact) mass is 315 g/mol. The Morgan fingerprint density at radius 3 is 2.74 bits per heavy atom. The molecule has 1 aromatic heterocycles. The minimum Gasteiger partial charge on any atom is -0.398 e. The van der Waals surface area contributed by atoms with Gasteiger partial charge in [-0.25, -0.2) is 4.98 Å². The number of nitrogens with zero attached hydrogens (tertiary/aromatic N) is 2. The van der Waals surface area contributed by atoms with E-state index < -0.39 is 0 Å². The SMILES string of the molecule is CCn1c(-c2ccc(N)c(Br)c2)nc2ccccc21. The molecule has 0 radical (unpaired) electrons. The summed E-state index contributed by atoms with van der Waals surface area (Å²) >= 11 is 3.47. The van der Waals surface area contributed by atoms with E-state index in [-0.39, 0.29) is 0 Å². The number of para-hydroxylation sites is 2. The first kappa shape index (κ1) is 12.2. The fraction of sp³-hybridized carbons (Fsp3) is 0.133. The highest BCUT2D eigenvalue weighted by molar-refractivity contribution is 9.10. The summed E-state index contributed by atoms with van der Waals surface area (Å²) in [6.45, 7) is 3.02. The number of fused-ring (bicyclic) bond motifs is 1. The average Bonchev–Trinajstić information content (AvgIpc) is 2.80. The third kappa shape index (κ3) is 2.02. The summed E-state index contributed by atoms with van der Waals surface area (Å²) in [7, 11) is 0. The number of halogens is 1. The molecule has 0 unspecified atom stereocenters. The van der Waals surface area contributed by atoms with Crippen LogP contribution in [0, 0.1) is 0 Å². The van der Waals surface area contributed by atoms with E-state index in [0.29, 0.717) is 0 Å². The van der Waals surface area contributed by atoms with E-state index in [1.54, 1.807) is 0 Å². The Kier molecular flexibility index (Phi) is 3.03. The second-order valence-corrected chi connectivity index (χ2v) is 5.26. The van der Waals surface area contributed by atoms with Crippen molar-refractivity contribution in [3.05, 3.63) is 46.9 Å². The van der Waals surface area contributed by atoms with Crippen molar-refractivity contribution < 1.29 is 0 Å². The number of nitrogen functional groups attached to an aromatic ring is 1. The summed E-state index contributed by atoms with van der Waals surface area (Å²) in [5.41, 5.74) is 9.83. The second kappa shape index (κ2) is 4.70. The number of rotatable bonds is 2. The van der Waals surface area contributed by atoms with Gasteiger partial charge in [0.05, 0.1) is 11.0 Å². The molecule has 0 aliphatic carbocycles. The van der Waals surface area contributed by atoms with Gasteiger partial charge in [0.15, 0.2) is 0 Å². The van der Waals surface area contributed by atoms with Crippen LogP contribution in [-0.2, 0) is 6.54 Å². The van der Waals surface area contributed by atoms with Crippen LogP contribution in [0.1, 0.15) is 6.92 Å². The Labute approximate surface area is 120 Å². The molecule has 4 heteroatoms. The predicted molar refractivity (Wildman–Crippen MR) is 83.0 cm³/mol. The maximum absolute atomic E-state index is 5.84. The van der Waals surface area contributed by atoms with Gasteiger partial charge in [-0.1, -0.05) is 12.1 Å². The molecule has 0 spiro atoms. The normalized spacial score (nSPS) is 11.1. The summed E-state index contributed by atoms with van der Waals surface area (Å²) in [5, 5.41) is 0. The van der Waals surface area contributed by atoms with Gasteiger partial charge in [0.25, 0.3) is 0 Å². The van der Waals surface area contributed by atoms with E-state index in [1.165, 1.54) is 0 Å². The third-order valence-corrected chi connectivity index (χ3v) is 3.92. The van der Waals surface area contributed by atoms with Crippen LogP contribution < -0.4 is 5.73 Å². The summed E-state index contributed by atoms with van der Waals surface area (Å²) in [4.78, 5) is 4.73. The molecule has 0 amide bonds. The lowest BCUT2D eigenvalue weighted by Gasteiger charge is -2.07. The fourth-order valence-corrected chi connectivity index (χ4v) is 2.66. The quantitative estimate of drug-likeness (QED) is 0.724. The van der Waals surface area contributed by atoms with Gasteiger partial charge < -0.3 is 10.3 Å². The Balaban J connectivity index is 2.26. The Bertz CT molecular complexity index is 746. The van der Waals surface area contributed by atoms with Crippen LogP contribution in [0.5, 0.6) is 0 Å². The van der Waals surface area contributed by atoms with E-state index in [0.717, 1.165) is 39.1 Å². The van der Waals surface area contributed by atoms with Gasteiger partial charge in [-0.3, -0.25) is 0 Å². The molecular weight excluding hydrogens is 302 g/mol. The minimum atomic E-state index is 0.739. The maximum atomic E-state index is 5.84. The van der Waals surface area contributed by atoms with Gasteiger partial charge in [-0.2, -0.15) is 0 Å². The molecule has 0 saturated carbocycles. The Hall–Kier alpha value is -1.81. The number of aromatic nitrogens is 2. The zero-order chi connectivity index (χ0) is 13.4. The summed E-state index contributed by atoms with van der Waals surface area (Å²) in [5.74, 6) is 0.976. The molecule has 0 saturated heterocycles. The fourth-order valence-electron chi connectivity index (χ4n) is 2.28. The van der Waals surface area contributed by atoms with Crippen molar-refractivity contribution in [3.8, 4) is 11.4 Å². The Morgan fingerprint density at radius 2 is 2.00 bits per heavy atom. The molecule has 96 valence electrons. The van der Waals surface area contributed by atoms with Gasteiger partial charge in [0.2, 0.25) is 0 Å². The number of hydrogen-bond acceptors (Lipinski definition) is 2. The van der Waals surface area contributed by atoms with Crippen LogP contribution in [0.25, 0.3) is 22.4 Å². The van der Waals surface area contributed by atoms with Crippen LogP contribution >= 0.6 is 15.9 Å². The van der Waals surface area contributed by atoms with Crippen LogP contribution in [0.15, 0.2) is 46.9 Å². The van der Waals surface area contributed by atoms with E-state index in [9.17, 15) is 0 Å². The topological polar surface area (TPSA) is 43.8 Å². The van der Waals surface area contributed by atoms with E-state index in [1.807, 2.05) is 36.4 Å². The number of benzene rings is 2. The highest BCUT2D eigenvalue weighted by atomic mass is 79.9. The molecule has 19 heavy (non-hydrogen) atoms. The number of aryl methyl sites for hydroxylation is 1. The Morgan fingerprint density at radius 1 is 1.21 bits per heavy atom. The van der Waals surface area contributed by atoms with E-state index in [2.05, 4.69) is 33.5 Å². The molecule has 0 bridgehead atoms. The summed E-state index contributed by atoms with van der Waals surface area (Å²) in [6.07, 6.45) is 0. The molecule has 0 atom stereocenters. The lowest BCUT2D eigenvalue weighted by Crippen LogP contribution is -1.98. The maximum Gasteiger partial charge on any atom is 0.141 e. The van der Waals surface area contributed by atoms with Gasteiger partial charge in [-0.05, 0) is 53.2 Å². The first-order valence-electron chi connectivity index (χ1n) is 6.21. The molecule has 2 aromatic carbocycles. The first-order valence-corrected chi connectivity index (χ1v) is 7.00. The van der Waals surface area contributed by atoms with Crippen LogP contribution in [0.4, 0.5) is 5.69 Å². The van der Waals surface area contributed by atoms with Crippen molar-refractivity contribution in [2.45, 2.75) is 13.5 Å². The van der Waals surface area contributed by atoms with Crippen molar-refractivity contribution in [2.24, 2.45) is 0 Å². The van der Waals surface area contributed by atoms with Crippen molar-refractivity contribution in [2.75, 3.05) is 5.73 Å². The van der Waals surface area contributed by atoms with Crippen LogP contribution in [0.3, 0.4) is 0 Å². The van der Waals surface area contributed by atoms with Crippen LogP contribution in [0.2, 0.25) is 0 Å². The molecule has 0 fully saturated rings. The summed E-state index contributed by atoms with van der Waals surface area (Å²) in [6, 6.07) is 14.1. The van der Waals surface area contributed by atoms with Crippen LogP contribution in [-0.4, -0.2) is 9.55 Å². The zero-order valence-electron chi connectivity index (χ0n) is 10.6. The summed E-state index contributed by atoms with van der Waals surface area (Å²) < 4.78 is 3.12. The third-order valence-electron chi connectivity index (χ3n) is 3.23. The predicted octanol–water partition coefficient (Wildman–Crippen LogP) is 4.07. The van der Waals surface area contributed by atoms with Gasteiger partial charge in [0.1, 0.15) is 5.82 Å². The molecular formula is C15H14BrN3. The highest BCUT2D eigenvalue weighted by Crippen LogP contribution is 2.29. The van der Waals surface area contributed by atoms with Crippen molar-refractivity contribution in [1.29, 1.82) is 0 Å². The molecule has 2 N–H and O–H groups in total. The zero-order valence-corrected chi connectivity index (χ0v) is 12.2. The molecule has 3 aromatic rings. The first-order chi connectivity index (χ1) is 9.20. The number of hydrogen-bond donors (Lipinski definition) is 1. The number of anilines is 1. The standard InChI is InChI=1S/C15H14BrN3/c1-2-19-14-6-4-3-5-13(14)18-15(19)10-7-8-12(17)11(16)9-10/h3-9H,2,17H2,1H3. The van der Waals surface area contributed by atoms with E-state index >= 15 is 0 Å². The number of nitrogens with two attached hydrogens (primary N) is 1. The lowest BCUT2D eigenvalue weighted by molar-refractivity contribution is 0.796. The van der Waals surface area contributed by atoms with Crippen molar-refractivity contribution in [3.63, 3.8) is 0 Å². The molecule has 0 aliphatic heterocycles. The van der Waals surface area contributed by atoms with E-state index in [4.69, 9.17) is 10.7 Å². The van der Waals surface area contributed by atoms with Crippen molar-refractivity contribution >= 4 is 32.7 Å². The molecule has 0 aliphatic rings. The molecule has 1 heterocycles. The lowest BCUT2D eigenvalue weighted by atomic mass is 10.2. The van der Waals surface area contributed by atoms with Crippen molar-refractivity contribution in [1.82, 2.24) is 9.55 Å².